The lowest BCUT2D eigenvalue weighted by Crippen LogP contribution is -2.45. The van der Waals surface area contributed by atoms with Gasteiger partial charge in [0.25, 0.3) is 0 Å². The molecule has 1 N–H and O–H groups in total. The summed E-state index contributed by atoms with van der Waals surface area (Å²) in [6, 6.07) is 3.52. The van der Waals surface area contributed by atoms with Gasteiger partial charge >= 0.3 is 5.97 Å². The van der Waals surface area contributed by atoms with Crippen LogP contribution in [0.5, 0.6) is 0 Å². The van der Waals surface area contributed by atoms with Gasteiger partial charge in [0.1, 0.15) is 11.6 Å². The molecule has 1 unspecified atom stereocenters. The van der Waals surface area contributed by atoms with E-state index in [1.807, 2.05) is 0 Å². The Morgan fingerprint density at radius 2 is 2.00 bits per heavy atom. The van der Waals surface area contributed by atoms with Crippen LogP contribution in [0.15, 0.2) is 22.8 Å². The summed E-state index contributed by atoms with van der Waals surface area (Å²) in [5.41, 5.74) is 4.36. The van der Waals surface area contributed by atoms with Crippen LogP contribution in [0.25, 0.3) is 11.0 Å². The number of hydrogen-bond acceptors (Lipinski definition) is 3. The molecule has 4 rings (SSSR count). The molecule has 126 valence electrons. The molecule has 1 heterocycles. The third kappa shape index (κ3) is 2.58. The largest absolute Gasteiger partial charge is 0.480 e. The molecule has 2 aliphatic rings. The van der Waals surface area contributed by atoms with Gasteiger partial charge in [0.05, 0.1) is 12.7 Å². The van der Waals surface area contributed by atoms with Gasteiger partial charge in [-0.2, -0.15) is 0 Å². The topological polar surface area (TPSA) is 70.8 Å². The van der Waals surface area contributed by atoms with Crippen LogP contribution in [0.1, 0.15) is 42.9 Å². The molecule has 0 aliphatic heterocycles. The molecule has 0 radical (unpaired) electrons. The zero-order valence-corrected chi connectivity index (χ0v) is 13.7. The highest BCUT2D eigenvalue weighted by Gasteiger charge is 2.38. The summed E-state index contributed by atoms with van der Waals surface area (Å²) in [6.07, 6.45) is 6.96. The number of furan rings is 1. The van der Waals surface area contributed by atoms with Crippen molar-refractivity contribution in [1.29, 1.82) is 0 Å². The SMILES string of the molecule is CC(C(=O)O)N(C(=O)Cc1coc2cc3c(cc12)CCC3)C1CC1. The highest BCUT2D eigenvalue weighted by Crippen LogP contribution is 2.32. The van der Waals surface area contributed by atoms with Crippen LogP contribution in [0.3, 0.4) is 0 Å². The quantitative estimate of drug-likeness (QED) is 0.916. The van der Waals surface area contributed by atoms with Gasteiger partial charge in [0.2, 0.25) is 5.91 Å². The van der Waals surface area contributed by atoms with E-state index >= 15 is 0 Å². The number of aliphatic carboxylic acids is 1. The Labute approximate surface area is 140 Å². The molecule has 1 fully saturated rings. The number of carboxylic acid groups (broad SMARTS) is 1. The van der Waals surface area contributed by atoms with Crippen LogP contribution in [0.2, 0.25) is 0 Å². The molecule has 2 aliphatic carbocycles. The molecule has 2 aromatic rings. The lowest BCUT2D eigenvalue weighted by molar-refractivity contribution is -0.149. The van der Waals surface area contributed by atoms with E-state index in [1.165, 1.54) is 22.4 Å². The number of benzene rings is 1. The standard InChI is InChI=1S/C19H21NO4/c1-11(19(22)23)20(15-5-6-15)18(21)9-14-10-24-17-8-13-4-2-3-12(13)7-16(14)17/h7-8,10-11,15H,2-6,9H2,1H3,(H,22,23). The van der Waals surface area contributed by atoms with Gasteiger partial charge < -0.3 is 14.4 Å². The van der Waals surface area contributed by atoms with Crippen molar-refractivity contribution in [3.8, 4) is 0 Å². The number of hydrogen-bond donors (Lipinski definition) is 1. The molecule has 1 saturated carbocycles. The van der Waals surface area contributed by atoms with Gasteiger partial charge in [0, 0.05) is 17.0 Å². The predicted molar refractivity (Wildman–Crippen MR) is 88.9 cm³/mol. The number of carboxylic acids is 1. The van der Waals surface area contributed by atoms with Gasteiger partial charge in [-0.15, -0.1) is 0 Å². The predicted octanol–water partition coefficient (Wildman–Crippen LogP) is 2.93. The van der Waals surface area contributed by atoms with Crippen molar-refractivity contribution in [2.45, 2.75) is 57.5 Å². The van der Waals surface area contributed by atoms with E-state index in [1.54, 1.807) is 13.2 Å². The number of rotatable bonds is 5. The summed E-state index contributed by atoms with van der Waals surface area (Å²) in [5.74, 6) is -1.08. The molecule has 24 heavy (non-hydrogen) atoms. The molecular formula is C19H21NO4. The highest BCUT2D eigenvalue weighted by atomic mass is 16.4. The monoisotopic (exact) mass is 327 g/mol. The fourth-order valence-corrected chi connectivity index (χ4v) is 3.75. The van der Waals surface area contributed by atoms with Crippen LogP contribution in [-0.2, 0) is 28.9 Å². The van der Waals surface area contributed by atoms with E-state index < -0.39 is 12.0 Å². The normalized spacial score (nSPS) is 17.7. The van der Waals surface area contributed by atoms with Gasteiger partial charge in [-0.25, -0.2) is 4.79 Å². The van der Waals surface area contributed by atoms with Gasteiger partial charge in [-0.1, -0.05) is 0 Å². The Bertz CT molecular complexity index is 818. The Hall–Kier alpha value is -2.30. The molecule has 1 atom stereocenters. The van der Waals surface area contributed by atoms with Gasteiger partial charge in [-0.05, 0) is 62.3 Å². The van der Waals surface area contributed by atoms with Crippen LogP contribution < -0.4 is 0 Å². The minimum absolute atomic E-state index is 0.0750. The van der Waals surface area contributed by atoms with Crippen molar-refractivity contribution in [2.75, 3.05) is 0 Å². The lowest BCUT2D eigenvalue weighted by atomic mass is 10.0. The fourth-order valence-electron chi connectivity index (χ4n) is 3.75. The molecule has 0 saturated heterocycles. The second-order valence-electron chi connectivity index (χ2n) is 6.95. The minimum Gasteiger partial charge on any atom is -0.480 e. The van der Waals surface area contributed by atoms with E-state index in [0.717, 1.165) is 42.2 Å². The first-order chi connectivity index (χ1) is 11.5. The first-order valence-electron chi connectivity index (χ1n) is 8.60. The van der Waals surface area contributed by atoms with E-state index in [9.17, 15) is 14.7 Å². The van der Waals surface area contributed by atoms with E-state index in [-0.39, 0.29) is 18.4 Å². The minimum atomic E-state index is -0.954. The van der Waals surface area contributed by atoms with E-state index in [2.05, 4.69) is 12.1 Å². The zero-order valence-electron chi connectivity index (χ0n) is 13.7. The molecular weight excluding hydrogens is 306 g/mol. The third-order valence-corrected chi connectivity index (χ3v) is 5.21. The molecule has 1 aromatic heterocycles. The Balaban J connectivity index is 1.61. The second-order valence-corrected chi connectivity index (χ2v) is 6.95. The maximum Gasteiger partial charge on any atom is 0.326 e. The second kappa shape index (κ2) is 5.65. The number of carbonyl (C=O) groups excluding carboxylic acids is 1. The third-order valence-electron chi connectivity index (χ3n) is 5.21. The molecule has 0 bridgehead atoms. The van der Waals surface area contributed by atoms with Crippen LogP contribution in [0.4, 0.5) is 0 Å². The number of fused-ring (bicyclic) bond motifs is 2. The maximum atomic E-state index is 12.7. The maximum absolute atomic E-state index is 12.7. The average molecular weight is 327 g/mol. The van der Waals surface area contributed by atoms with Crippen LogP contribution in [0, 0.1) is 0 Å². The van der Waals surface area contributed by atoms with Crippen molar-refractivity contribution in [2.24, 2.45) is 0 Å². The summed E-state index contributed by atoms with van der Waals surface area (Å²) in [6.45, 7) is 1.58. The number of amides is 1. The first kappa shape index (κ1) is 15.2. The zero-order chi connectivity index (χ0) is 16.8. The molecule has 5 heteroatoms. The molecule has 5 nitrogen and oxygen atoms in total. The summed E-state index contributed by atoms with van der Waals surface area (Å²) < 4.78 is 5.65. The van der Waals surface area contributed by atoms with E-state index in [0.29, 0.717) is 0 Å². The highest BCUT2D eigenvalue weighted by molar-refractivity contribution is 5.90. The number of aryl methyl sites for hydroxylation is 2. The van der Waals surface area contributed by atoms with Crippen molar-refractivity contribution >= 4 is 22.8 Å². The smallest absolute Gasteiger partial charge is 0.326 e. The van der Waals surface area contributed by atoms with Gasteiger partial charge in [0.15, 0.2) is 0 Å². The van der Waals surface area contributed by atoms with Crippen LogP contribution >= 0.6 is 0 Å². The molecule has 1 amide bonds. The number of carbonyl (C=O) groups is 2. The number of nitrogens with zero attached hydrogens (tertiary/aromatic N) is 1. The molecule has 0 spiro atoms. The lowest BCUT2D eigenvalue weighted by Gasteiger charge is -2.26. The van der Waals surface area contributed by atoms with Crippen LogP contribution in [-0.4, -0.2) is 34.0 Å². The summed E-state index contributed by atoms with van der Waals surface area (Å²) in [7, 11) is 0. The summed E-state index contributed by atoms with van der Waals surface area (Å²) in [4.78, 5) is 25.6. The first-order valence-corrected chi connectivity index (χ1v) is 8.60. The van der Waals surface area contributed by atoms with Crippen molar-refractivity contribution in [1.82, 2.24) is 4.90 Å². The van der Waals surface area contributed by atoms with Gasteiger partial charge in [-0.3, -0.25) is 4.79 Å². The van der Waals surface area contributed by atoms with E-state index in [4.69, 9.17) is 4.42 Å². The van der Waals surface area contributed by atoms with Crippen molar-refractivity contribution < 1.29 is 19.1 Å². The van der Waals surface area contributed by atoms with Crippen molar-refractivity contribution in [3.63, 3.8) is 0 Å². The van der Waals surface area contributed by atoms with Crippen molar-refractivity contribution in [3.05, 3.63) is 35.1 Å². The molecule has 1 aromatic carbocycles. The summed E-state index contributed by atoms with van der Waals surface area (Å²) >= 11 is 0. The Morgan fingerprint density at radius 1 is 1.29 bits per heavy atom. The Morgan fingerprint density at radius 3 is 2.67 bits per heavy atom. The average Bonchev–Trinajstić information content (AvgIpc) is 3.14. The Kier molecular flexibility index (Phi) is 3.59. The fraction of sp³-hybridized carbons (Fsp3) is 0.474. The summed E-state index contributed by atoms with van der Waals surface area (Å²) in [5, 5.41) is 10.3.